The van der Waals surface area contributed by atoms with Crippen LogP contribution in [-0.2, 0) is 26.3 Å². The SMILES string of the molecule is Cc1c[c-]c(-n2[c-][n+](-c3ccc(C)cc3)cc2)cc1.Cc1c[c-]c(-n2[c-][n+](-c3ccc(C)cc3)cc2)cc1.FC(F)(F)c1n[n-]c(-c2ccccn2)n1.[Ir]. The molecule has 8 aromatic rings. The van der Waals surface area contributed by atoms with Gasteiger partial charge < -0.3 is 19.2 Å². The first-order valence-corrected chi connectivity index (χ1v) is 16.5. The Hall–Kier alpha value is -5.97. The van der Waals surface area contributed by atoms with Crippen molar-refractivity contribution in [2.45, 2.75) is 33.9 Å². The summed E-state index contributed by atoms with van der Waals surface area (Å²) >= 11 is 0. The molecule has 0 N–H and O–H groups in total. The van der Waals surface area contributed by atoms with Crippen molar-refractivity contribution in [2.75, 3.05) is 0 Å². The molecule has 275 valence electrons. The van der Waals surface area contributed by atoms with E-state index in [1.165, 1.54) is 34.5 Å². The van der Waals surface area contributed by atoms with Crippen molar-refractivity contribution in [2.24, 2.45) is 0 Å². The van der Waals surface area contributed by atoms with Gasteiger partial charge in [-0.3, -0.25) is 19.2 Å². The van der Waals surface area contributed by atoms with Gasteiger partial charge in [-0.15, -0.1) is 0 Å². The minimum Gasteiger partial charge on any atom is -0.413 e. The van der Waals surface area contributed by atoms with E-state index >= 15 is 0 Å². The van der Waals surface area contributed by atoms with Crippen molar-refractivity contribution >= 4 is 0 Å². The van der Waals surface area contributed by atoms with Crippen LogP contribution >= 0.6 is 0 Å². The Bertz CT molecular complexity index is 2100. The topological polar surface area (TPSA) is 70.4 Å². The molecule has 4 aromatic heterocycles. The zero-order chi connectivity index (χ0) is 37.4. The average Bonchev–Trinajstić information content (AvgIpc) is 3.96. The zero-order valence-electron chi connectivity index (χ0n) is 29.7. The number of hydrogen-bond donors (Lipinski definition) is 0. The summed E-state index contributed by atoms with van der Waals surface area (Å²) in [5, 5.41) is 6.25. The second-order valence-electron chi connectivity index (χ2n) is 12.1. The first-order valence-electron chi connectivity index (χ1n) is 16.5. The van der Waals surface area contributed by atoms with Crippen LogP contribution in [0.15, 0.2) is 134 Å². The van der Waals surface area contributed by atoms with Gasteiger partial charge in [0.2, 0.25) is 0 Å². The van der Waals surface area contributed by atoms with Gasteiger partial charge in [-0.05, 0) is 67.4 Å². The summed E-state index contributed by atoms with van der Waals surface area (Å²) in [5.41, 5.74) is 9.41. The van der Waals surface area contributed by atoms with E-state index in [1.54, 1.807) is 12.1 Å². The summed E-state index contributed by atoms with van der Waals surface area (Å²) in [6, 6.07) is 40.3. The van der Waals surface area contributed by atoms with Gasteiger partial charge in [0.25, 0.3) is 12.7 Å². The molecule has 0 aliphatic heterocycles. The molecular weight excluding hydrogens is 866 g/mol. The molecule has 0 aliphatic carbocycles. The number of hydrogen-bond acceptors (Lipinski definition) is 3. The number of nitrogens with zero attached hydrogens (tertiary/aromatic N) is 8. The van der Waals surface area contributed by atoms with Crippen LogP contribution in [0.3, 0.4) is 0 Å². The number of pyridine rings is 1. The van der Waals surface area contributed by atoms with Gasteiger partial charge in [0.05, 0.1) is 17.1 Å². The first-order chi connectivity index (χ1) is 25.5. The predicted octanol–water partition coefficient (Wildman–Crippen LogP) is 7.45. The number of aryl methyl sites for hydroxylation is 4. The molecule has 4 heterocycles. The fourth-order valence-electron chi connectivity index (χ4n) is 4.85. The number of aromatic nitrogens is 8. The van der Waals surface area contributed by atoms with E-state index in [1.807, 2.05) is 67.3 Å². The van der Waals surface area contributed by atoms with Crippen LogP contribution in [0.25, 0.3) is 34.3 Å². The fourth-order valence-corrected chi connectivity index (χ4v) is 4.85. The van der Waals surface area contributed by atoms with Crippen LogP contribution in [0, 0.1) is 52.5 Å². The summed E-state index contributed by atoms with van der Waals surface area (Å²) in [5.74, 6) is -1.37. The Morgan fingerprint density at radius 2 is 1.11 bits per heavy atom. The van der Waals surface area contributed by atoms with Crippen molar-refractivity contribution in [1.82, 2.24) is 29.3 Å². The molecule has 0 spiro atoms. The standard InChI is InChI=1S/2C17H15N2.C8H4F3N4.Ir/c2*1-14-3-7-16(8-4-14)18-11-12-19(13-18)17-9-5-15(2)6-10-17;9-8(10,11)7-13-6(14-15-7)5-3-1-2-4-12-5;/h2*3-9,11-12H,1-2H3;1-4H;/q3*-1;. The Balaban J connectivity index is 0.000000156. The molecule has 0 saturated carbocycles. The maximum Gasteiger partial charge on any atom is 0.429 e. The van der Waals surface area contributed by atoms with Gasteiger partial charge in [0.1, 0.15) is 5.82 Å². The number of rotatable bonds is 5. The van der Waals surface area contributed by atoms with Gasteiger partial charge in [-0.25, -0.2) is 0 Å². The predicted molar refractivity (Wildman–Crippen MR) is 192 cm³/mol. The molecule has 0 unspecified atom stereocenters. The number of benzene rings is 4. The minimum atomic E-state index is -4.57. The molecule has 0 bridgehead atoms. The van der Waals surface area contributed by atoms with Crippen molar-refractivity contribution in [3.63, 3.8) is 0 Å². The maximum absolute atomic E-state index is 12.1. The van der Waals surface area contributed by atoms with Gasteiger partial charge in [0, 0.05) is 51.1 Å². The molecule has 8 nitrogen and oxygen atoms in total. The van der Waals surface area contributed by atoms with Gasteiger partial charge >= 0.3 is 6.18 Å². The number of halogens is 3. The van der Waals surface area contributed by atoms with Crippen molar-refractivity contribution in [3.05, 3.63) is 187 Å². The molecule has 0 amide bonds. The molecular formula is C42H34F3IrN8-3. The van der Waals surface area contributed by atoms with E-state index < -0.39 is 12.0 Å². The van der Waals surface area contributed by atoms with Crippen LogP contribution in [0.5, 0.6) is 0 Å². The second kappa shape index (κ2) is 17.7. The monoisotopic (exact) mass is 900 g/mol. The Labute approximate surface area is 325 Å². The summed E-state index contributed by atoms with van der Waals surface area (Å²) in [4.78, 5) is 7.05. The largest absolute Gasteiger partial charge is 0.429 e. The molecule has 0 fully saturated rings. The van der Waals surface area contributed by atoms with Crippen molar-refractivity contribution in [3.8, 4) is 34.3 Å². The van der Waals surface area contributed by atoms with Crippen LogP contribution in [0.1, 0.15) is 28.1 Å². The summed E-state index contributed by atoms with van der Waals surface area (Å²) in [6.45, 7) is 8.30. The normalized spacial score (nSPS) is 10.7. The van der Waals surface area contributed by atoms with Crippen molar-refractivity contribution in [1.29, 1.82) is 0 Å². The van der Waals surface area contributed by atoms with Crippen LogP contribution in [0.2, 0.25) is 0 Å². The quantitative estimate of drug-likeness (QED) is 0.133. The minimum absolute atomic E-state index is 0. The molecule has 12 heteroatoms. The average molecular weight is 900 g/mol. The van der Waals surface area contributed by atoms with Crippen LogP contribution < -0.4 is 14.2 Å². The summed E-state index contributed by atoms with van der Waals surface area (Å²) in [6.07, 6.45) is 11.4. The van der Waals surface area contributed by atoms with E-state index in [-0.39, 0.29) is 31.6 Å². The molecule has 0 aliphatic rings. The zero-order valence-corrected chi connectivity index (χ0v) is 32.1. The Kier molecular flexibility index (Phi) is 12.9. The third-order valence-electron chi connectivity index (χ3n) is 7.81. The summed E-state index contributed by atoms with van der Waals surface area (Å²) in [7, 11) is 0. The van der Waals surface area contributed by atoms with Crippen LogP contribution in [-0.4, -0.2) is 24.2 Å². The maximum atomic E-state index is 12.1. The third-order valence-corrected chi connectivity index (χ3v) is 7.81. The van der Waals surface area contributed by atoms with Gasteiger partial charge in [-0.2, -0.15) is 72.8 Å². The third kappa shape index (κ3) is 10.3. The Morgan fingerprint density at radius 1 is 0.630 bits per heavy atom. The number of alkyl halides is 3. The number of imidazole rings is 2. The Morgan fingerprint density at radius 3 is 1.50 bits per heavy atom. The molecule has 0 atom stereocenters. The van der Waals surface area contributed by atoms with Crippen LogP contribution in [0.4, 0.5) is 13.2 Å². The molecule has 54 heavy (non-hydrogen) atoms. The van der Waals surface area contributed by atoms with E-state index in [2.05, 4.69) is 133 Å². The summed E-state index contributed by atoms with van der Waals surface area (Å²) < 4.78 is 44.2. The van der Waals surface area contributed by atoms with Gasteiger partial charge in [0.15, 0.2) is 0 Å². The molecule has 4 aromatic carbocycles. The molecule has 0 saturated heterocycles. The molecule has 8 rings (SSSR count). The van der Waals surface area contributed by atoms with Crippen molar-refractivity contribution < 1.29 is 42.4 Å². The first kappa shape index (κ1) is 39.2. The van der Waals surface area contributed by atoms with Gasteiger partial charge in [-0.1, -0.05) is 55.3 Å². The second-order valence-corrected chi connectivity index (χ2v) is 12.1. The van der Waals surface area contributed by atoms with E-state index in [9.17, 15) is 13.2 Å². The molecule has 1 radical (unpaired) electrons. The van der Waals surface area contributed by atoms with E-state index in [4.69, 9.17) is 0 Å². The smallest absolute Gasteiger partial charge is 0.413 e. The van der Waals surface area contributed by atoms with E-state index in [0.717, 1.165) is 22.7 Å². The van der Waals surface area contributed by atoms with E-state index in [0.29, 0.717) is 0 Å². The fraction of sp³-hybridized carbons (Fsp3) is 0.119.